The highest BCUT2D eigenvalue weighted by Gasteiger charge is 2.53. The Labute approximate surface area is 131 Å². The lowest BCUT2D eigenvalue weighted by Gasteiger charge is -2.34. The van der Waals surface area contributed by atoms with E-state index in [1.807, 2.05) is 0 Å². The number of nitrogens with one attached hydrogen (secondary N) is 1. The molecule has 3 N–H and O–H groups in total. The first-order valence-electron chi connectivity index (χ1n) is 7.21. The molecule has 2 aliphatic rings. The van der Waals surface area contributed by atoms with Gasteiger partial charge in [-0.2, -0.15) is 0 Å². The van der Waals surface area contributed by atoms with Crippen molar-refractivity contribution >= 4 is 19.1 Å². The summed E-state index contributed by atoms with van der Waals surface area (Å²) in [6.07, 6.45) is 5.59. The Morgan fingerprint density at radius 2 is 2.14 bits per heavy atom. The van der Waals surface area contributed by atoms with E-state index in [-0.39, 0.29) is 5.91 Å². The number of nitrogens with zero attached hydrogens (tertiary/aromatic N) is 1. The van der Waals surface area contributed by atoms with Gasteiger partial charge in [0.1, 0.15) is 18.0 Å². The number of hydrogen-bond acceptors (Lipinski definition) is 5. The third kappa shape index (κ3) is 3.46. The standard InChI is InChI=1S/C15H25N2O4P/c1-10-16-11(18)6-8-17(10)14-12(19)13(20)15(2,21-14)7-9-22(3,4)5/h6,8,12-14,19-20H,1,3,7,9H2,2,4-5H3,(H,16,18)/t12-,13+,14?,15-/m1/s1. The van der Waals surface area contributed by atoms with Crippen LogP contribution in [0.2, 0.25) is 0 Å². The topological polar surface area (TPSA) is 82.0 Å². The minimum absolute atomic E-state index is 0.277. The second kappa shape index (κ2) is 5.85. The van der Waals surface area contributed by atoms with Crippen molar-refractivity contribution in [3.63, 3.8) is 0 Å². The van der Waals surface area contributed by atoms with E-state index in [1.165, 1.54) is 17.2 Å². The highest BCUT2D eigenvalue weighted by Crippen LogP contribution is 2.43. The average molecular weight is 328 g/mol. The number of hydrogen-bond donors (Lipinski definition) is 3. The molecule has 0 radical (unpaired) electrons. The smallest absolute Gasteiger partial charge is 0.250 e. The molecule has 0 aromatic heterocycles. The number of aliphatic hydroxyl groups excluding tert-OH is 2. The van der Waals surface area contributed by atoms with Crippen LogP contribution < -0.4 is 5.32 Å². The molecule has 7 heteroatoms. The fourth-order valence-corrected chi connectivity index (χ4v) is 3.66. The van der Waals surface area contributed by atoms with Gasteiger partial charge in [-0.15, -0.1) is 13.2 Å². The van der Waals surface area contributed by atoms with Gasteiger partial charge in [0, 0.05) is 12.3 Å². The summed E-state index contributed by atoms with van der Waals surface area (Å²) in [6, 6.07) is 0. The second-order valence-electron chi connectivity index (χ2n) is 6.82. The molecule has 1 amide bonds. The maximum atomic E-state index is 11.3. The first-order valence-corrected chi connectivity index (χ1v) is 10.3. The molecule has 0 bridgehead atoms. The van der Waals surface area contributed by atoms with Crippen LogP contribution in [0.4, 0.5) is 0 Å². The number of carbonyl (C=O) groups excluding carboxylic acids is 1. The molecule has 2 aliphatic heterocycles. The first kappa shape index (κ1) is 17.3. The molecule has 0 aliphatic carbocycles. The lowest BCUT2D eigenvalue weighted by Crippen LogP contribution is -2.46. The number of ether oxygens (including phenoxy) is 1. The van der Waals surface area contributed by atoms with Crippen molar-refractivity contribution in [1.29, 1.82) is 0 Å². The summed E-state index contributed by atoms with van der Waals surface area (Å²) < 4.78 is 5.97. The van der Waals surface area contributed by atoms with Crippen LogP contribution in [-0.2, 0) is 9.53 Å². The van der Waals surface area contributed by atoms with Gasteiger partial charge >= 0.3 is 0 Å². The molecule has 1 unspecified atom stereocenters. The highest BCUT2D eigenvalue weighted by atomic mass is 31.2. The van der Waals surface area contributed by atoms with E-state index in [1.54, 1.807) is 6.92 Å². The summed E-state index contributed by atoms with van der Waals surface area (Å²) in [5.41, 5.74) is -0.853. The summed E-state index contributed by atoms with van der Waals surface area (Å²) in [4.78, 5) is 12.8. The minimum atomic E-state index is -1.25. The summed E-state index contributed by atoms with van der Waals surface area (Å²) in [7, 11) is 0. The summed E-state index contributed by atoms with van der Waals surface area (Å²) in [5.74, 6) is 0.0404. The quantitative estimate of drug-likeness (QED) is 0.648. The molecule has 2 rings (SSSR count). The fraction of sp³-hybridized carbons (Fsp3) is 0.600. The van der Waals surface area contributed by atoms with E-state index in [4.69, 9.17) is 4.74 Å². The molecular weight excluding hydrogens is 303 g/mol. The van der Waals surface area contributed by atoms with Crippen molar-refractivity contribution in [2.75, 3.05) is 19.5 Å². The van der Waals surface area contributed by atoms with Gasteiger partial charge in [-0.1, -0.05) is 6.58 Å². The largest absolute Gasteiger partial charge is 0.387 e. The van der Waals surface area contributed by atoms with Gasteiger partial charge in [0.15, 0.2) is 6.23 Å². The van der Waals surface area contributed by atoms with Gasteiger partial charge < -0.3 is 25.2 Å². The van der Waals surface area contributed by atoms with E-state index in [0.29, 0.717) is 12.2 Å². The normalized spacial score (nSPS) is 35.9. The summed E-state index contributed by atoms with van der Waals surface area (Å²) >= 11 is 0. The minimum Gasteiger partial charge on any atom is -0.387 e. The molecule has 22 heavy (non-hydrogen) atoms. The maximum absolute atomic E-state index is 11.3. The van der Waals surface area contributed by atoms with E-state index in [0.717, 1.165) is 6.16 Å². The monoisotopic (exact) mass is 328 g/mol. The van der Waals surface area contributed by atoms with Crippen LogP contribution in [0, 0.1) is 0 Å². The van der Waals surface area contributed by atoms with Gasteiger partial charge in [0.05, 0.1) is 5.60 Å². The van der Waals surface area contributed by atoms with Crippen molar-refractivity contribution < 1.29 is 19.7 Å². The van der Waals surface area contributed by atoms with E-state index >= 15 is 0 Å². The predicted octanol–water partition coefficient (Wildman–Crippen LogP) is 0.339. The van der Waals surface area contributed by atoms with Crippen LogP contribution in [0.15, 0.2) is 24.7 Å². The van der Waals surface area contributed by atoms with Crippen LogP contribution in [-0.4, -0.2) is 70.8 Å². The Morgan fingerprint density at radius 3 is 2.68 bits per heavy atom. The van der Waals surface area contributed by atoms with Gasteiger partial charge in [0.2, 0.25) is 0 Å². The van der Waals surface area contributed by atoms with Crippen molar-refractivity contribution in [2.24, 2.45) is 0 Å². The van der Waals surface area contributed by atoms with Crippen LogP contribution in [0.3, 0.4) is 0 Å². The zero-order valence-electron chi connectivity index (χ0n) is 13.3. The molecule has 4 atom stereocenters. The molecule has 124 valence electrons. The first-order chi connectivity index (χ1) is 10.0. The Kier molecular flexibility index (Phi) is 4.60. The summed E-state index contributed by atoms with van der Waals surface area (Å²) in [5, 5.41) is 23.3. The van der Waals surface area contributed by atoms with Crippen molar-refractivity contribution in [3.05, 3.63) is 24.7 Å². The molecule has 1 fully saturated rings. The van der Waals surface area contributed by atoms with Gasteiger partial charge in [-0.05, 0) is 32.8 Å². The van der Waals surface area contributed by atoms with Gasteiger partial charge in [-0.25, -0.2) is 0 Å². The van der Waals surface area contributed by atoms with Gasteiger partial charge in [-0.3, -0.25) is 4.79 Å². The van der Waals surface area contributed by atoms with Gasteiger partial charge in [0.25, 0.3) is 5.91 Å². The second-order valence-corrected chi connectivity index (χ2v) is 11.1. The Bertz CT molecular complexity index is 556. The molecule has 2 heterocycles. The molecule has 0 saturated carbocycles. The molecule has 0 aromatic rings. The average Bonchev–Trinajstić information content (AvgIpc) is 2.61. The number of rotatable bonds is 4. The predicted molar refractivity (Wildman–Crippen MR) is 88.9 cm³/mol. The van der Waals surface area contributed by atoms with Crippen molar-refractivity contribution in [1.82, 2.24) is 10.2 Å². The number of carbonyl (C=O) groups is 1. The third-order valence-corrected chi connectivity index (χ3v) is 5.52. The van der Waals surface area contributed by atoms with Crippen molar-refractivity contribution in [2.45, 2.75) is 37.4 Å². The SMILES string of the molecule is C=C1NC(=O)C=CN1C1O[C@](C)(CCP(=C)(C)C)[C@@H](O)[C@H]1O. The lowest BCUT2D eigenvalue weighted by molar-refractivity contribution is -0.121. The molecule has 1 saturated heterocycles. The highest BCUT2D eigenvalue weighted by molar-refractivity contribution is 7.72. The third-order valence-electron chi connectivity index (χ3n) is 4.08. The molecular formula is C15H25N2O4P. The maximum Gasteiger partial charge on any atom is 0.250 e. The molecule has 6 nitrogen and oxygen atoms in total. The zero-order chi connectivity index (χ0) is 16.7. The van der Waals surface area contributed by atoms with Crippen LogP contribution >= 0.6 is 6.89 Å². The van der Waals surface area contributed by atoms with E-state index in [9.17, 15) is 15.0 Å². The Balaban J connectivity index is 2.16. The van der Waals surface area contributed by atoms with Crippen LogP contribution in [0.5, 0.6) is 0 Å². The molecule has 0 spiro atoms. The molecule has 0 aromatic carbocycles. The van der Waals surface area contributed by atoms with Crippen molar-refractivity contribution in [3.8, 4) is 0 Å². The number of amides is 1. The van der Waals surface area contributed by atoms with Crippen LogP contribution in [0.1, 0.15) is 13.3 Å². The zero-order valence-corrected chi connectivity index (χ0v) is 14.2. The Morgan fingerprint density at radius 1 is 1.50 bits per heavy atom. The summed E-state index contributed by atoms with van der Waals surface area (Å²) in [6.45, 7) is 8.53. The van der Waals surface area contributed by atoms with Crippen LogP contribution in [0.25, 0.3) is 0 Å². The fourth-order valence-electron chi connectivity index (χ4n) is 2.61. The lowest BCUT2D eigenvalue weighted by atomic mass is 9.94. The van der Waals surface area contributed by atoms with E-state index < -0.39 is 30.9 Å². The van der Waals surface area contributed by atoms with E-state index in [2.05, 4.69) is 31.5 Å². The number of aliphatic hydroxyl groups is 2. The Hall–Kier alpha value is -1.07.